The summed E-state index contributed by atoms with van der Waals surface area (Å²) >= 11 is 0. The highest BCUT2D eigenvalue weighted by Gasteiger charge is 2.51. The maximum absolute atomic E-state index is 12.6. The molecule has 0 aliphatic heterocycles. The fraction of sp³-hybridized carbons (Fsp3) is 0.412. The molecule has 2 bridgehead atoms. The molecule has 0 radical (unpaired) electrons. The van der Waals surface area contributed by atoms with Crippen molar-refractivity contribution in [1.82, 2.24) is 0 Å². The number of carbonyl (C=O) groups is 2. The predicted octanol–water partition coefficient (Wildman–Crippen LogP) is 2.47. The van der Waals surface area contributed by atoms with Crippen molar-refractivity contribution in [2.75, 3.05) is 12.4 Å². The van der Waals surface area contributed by atoms with Gasteiger partial charge < -0.3 is 15.2 Å². The molecule has 4 atom stereocenters. The van der Waals surface area contributed by atoms with Crippen LogP contribution >= 0.6 is 0 Å². The summed E-state index contributed by atoms with van der Waals surface area (Å²) in [4.78, 5) is 24.1. The number of fused-ring (bicyclic) bond motifs is 2. The van der Waals surface area contributed by atoms with Crippen LogP contribution in [0.4, 0.5) is 5.69 Å². The van der Waals surface area contributed by atoms with E-state index in [2.05, 4.69) is 5.32 Å². The molecule has 3 rings (SSSR count). The first-order valence-corrected chi connectivity index (χ1v) is 7.38. The van der Waals surface area contributed by atoms with Gasteiger partial charge in [-0.15, -0.1) is 0 Å². The van der Waals surface area contributed by atoms with Gasteiger partial charge in [0.1, 0.15) is 5.75 Å². The number of carboxylic acids is 1. The number of hydrogen-bond donors (Lipinski definition) is 2. The van der Waals surface area contributed by atoms with Gasteiger partial charge >= 0.3 is 5.97 Å². The lowest BCUT2D eigenvalue weighted by Crippen LogP contribution is -2.36. The molecule has 1 saturated carbocycles. The molecule has 116 valence electrons. The first-order valence-electron chi connectivity index (χ1n) is 7.38. The van der Waals surface area contributed by atoms with E-state index in [1.54, 1.807) is 19.2 Å². The van der Waals surface area contributed by atoms with Crippen LogP contribution in [0.5, 0.6) is 5.75 Å². The number of rotatable bonds is 4. The lowest BCUT2D eigenvalue weighted by molar-refractivity contribution is -0.146. The summed E-state index contributed by atoms with van der Waals surface area (Å²) in [7, 11) is 1.59. The molecular formula is C17H19NO4. The van der Waals surface area contributed by atoms with Crippen molar-refractivity contribution in [3.63, 3.8) is 0 Å². The van der Waals surface area contributed by atoms with Crippen LogP contribution in [0.1, 0.15) is 12.0 Å². The monoisotopic (exact) mass is 301 g/mol. The molecule has 0 spiro atoms. The molecule has 0 unspecified atom stereocenters. The van der Waals surface area contributed by atoms with E-state index in [-0.39, 0.29) is 17.7 Å². The maximum Gasteiger partial charge on any atom is 0.307 e. The quantitative estimate of drug-likeness (QED) is 0.838. The van der Waals surface area contributed by atoms with Gasteiger partial charge in [-0.25, -0.2) is 0 Å². The number of aliphatic carboxylic acids is 1. The van der Waals surface area contributed by atoms with E-state index in [4.69, 9.17) is 4.74 Å². The van der Waals surface area contributed by atoms with Crippen molar-refractivity contribution in [2.24, 2.45) is 23.7 Å². The Morgan fingerprint density at radius 3 is 2.50 bits per heavy atom. The van der Waals surface area contributed by atoms with E-state index in [9.17, 15) is 14.7 Å². The minimum Gasteiger partial charge on any atom is -0.497 e. The number of aryl methyl sites for hydroxylation is 1. The highest BCUT2D eigenvalue weighted by atomic mass is 16.5. The van der Waals surface area contributed by atoms with Gasteiger partial charge in [-0.05, 0) is 48.9 Å². The summed E-state index contributed by atoms with van der Waals surface area (Å²) < 4.78 is 5.14. The van der Waals surface area contributed by atoms with Crippen LogP contribution < -0.4 is 10.1 Å². The van der Waals surface area contributed by atoms with Crippen molar-refractivity contribution in [3.05, 3.63) is 35.9 Å². The van der Waals surface area contributed by atoms with Gasteiger partial charge in [0.2, 0.25) is 5.91 Å². The number of ether oxygens (including phenoxy) is 1. The van der Waals surface area contributed by atoms with Crippen molar-refractivity contribution in [2.45, 2.75) is 13.3 Å². The number of amides is 1. The SMILES string of the molecule is COc1ccc(NC(=O)[C@@H]2[C@H](C(=O)O)[C@H]3C=C[C@H]2C3)c(C)c1. The summed E-state index contributed by atoms with van der Waals surface area (Å²) in [6, 6.07) is 5.40. The van der Waals surface area contributed by atoms with E-state index in [1.165, 1.54) is 0 Å². The van der Waals surface area contributed by atoms with E-state index in [0.717, 1.165) is 17.7 Å². The molecule has 2 aliphatic carbocycles. The third-order valence-corrected chi connectivity index (χ3v) is 4.74. The second kappa shape index (κ2) is 5.48. The lowest BCUT2D eigenvalue weighted by Gasteiger charge is -2.24. The Hall–Kier alpha value is -2.30. The van der Waals surface area contributed by atoms with Gasteiger partial charge in [-0.3, -0.25) is 9.59 Å². The zero-order valence-electron chi connectivity index (χ0n) is 12.6. The molecule has 1 fully saturated rings. The minimum absolute atomic E-state index is 0.0183. The molecule has 5 nitrogen and oxygen atoms in total. The van der Waals surface area contributed by atoms with Gasteiger partial charge in [0.15, 0.2) is 0 Å². The normalized spacial score (nSPS) is 28.6. The van der Waals surface area contributed by atoms with Gasteiger partial charge in [-0.1, -0.05) is 12.2 Å². The average Bonchev–Trinajstić information content (AvgIpc) is 3.09. The summed E-state index contributed by atoms with van der Waals surface area (Å²) in [6.45, 7) is 1.88. The molecule has 0 aromatic heterocycles. The number of hydrogen-bond acceptors (Lipinski definition) is 3. The van der Waals surface area contributed by atoms with Crippen molar-refractivity contribution >= 4 is 17.6 Å². The number of nitrogens with one attached hydrogen (secondary N) is 1. The Bertz CT molecular complexity index is 652. The first-order chi connectivity index (χ1) is 10.5. The van der Waals surface area contributed by atoms with Gasteiger partial charge in [-0.2, -0.15) is 0 Å². The molecule has 1 aromatic carbocycles. The Morgan fingerprint density at radius 1 is 1.23 bits per heavy atom. The van der Waals surface area contributed by atoms with E-state index >= 15 is 0 Å². The fourth-order valence-corrected chi connectivity index (χ4v) is 3.64. The fourth-order valence-electron chi connectivity index (χ4n) is 3.64. The molecule has 1 aromatic rings. The van der Waals surface area contributed by atoms with Gasteiger partial charge in [0, 0.05) is 5.69 Å². The Balaban J connectivity index is 1.80. The number of anilines is 1. The number of carbonyl (C=O) groups excluding carboxylic acids is 1. The standard InChI is InChI=1S/C17H19NO4/c1-9-7-12(22-2)5-6-13(9)18-16(19)14-10-3-4-11(8-10)15(14)17(20)21/h3-7,10-11,14-15H,8H2,1-2H3,(H,18,19)(H,20,21)/t10-,11-,14-,15+/m0/s1. The third kappa shape index (κ3) is 2.36. The highest BCUT2D eigenvalue weighted by Crippen LogP contribution is 2.48. The van der Waals surface area contributed by atoms with Gasteiger partial charge in [0.05, 0.1) is 18.9 Å². The molecule has 0 saturated heterocycles. The summed E-state index contributed by atoms with van der Waals surface area (Å²) in [5.41, 5.74) is 1.58. The van der Waals surface area contributed by atoms with Crippen molar-refractivity contribution in [1.29, 1.82) is 0 Å². The highest BCUT2D eigenvalue weighted by molar-refractivity contribution is 5.97. The smallest absolute Gasteiger partial charge is 0.307 e. The number of methoxy groups -OCH3 is 1. The molecule has 0 heterocycles. The third-order valence-electron chi connectivity index (χ3n) is 4.74. The van der Waals surface area contributed by atoms with Crippen molar-refractivity contribution < 1.29 is 19.4 Å². The second-order valence-electron chi connectivity index (χ2n) is 6.01. The van der Waals surface area contributed by atoms with Crippen molar-refractivity contribution in [3.8, 4) is 5.75 Å². The van der Waals surface area contributed by atoms with E-state index in [0.29, 0.717) is 5.69 Å². The molecule has 1 amide bonds. The van der Waals surface area contributed by atoms with E-state index < -0.39 is 17.8 Å². The maximum atomic E-state index is 12.6. The molecule has 2 aliphatic rings. The van der Waals surface area contributed by atoms with Crippen LogP contribution in [0.15, 0.2) is 30.4 Å². The first kappa shape index (κ1) is 14.6. The summed E-state index contributed by atoms with van der Waals surface area (Å²) in [5.74, 6) is -1.47. The summed E-state index contributed by atoms with van der Waals surface area (Å²) in [6.07, 6.45) is 4.68. The zero-order chi connectivity index (χ0) is 15.9. The molecular weight excluding hydrogens is 282 g/mol. The zero-order valence-corrected chi connectivity index (χ0v) is 12.6. The van der Waals surface area contributed by atoms with Crippen LogP contribution in [0.3, 0.4) is 0 Å². The van der Waals surface area contributed by atoms with Crippen LogP contribution in [-0.4, -0.2) is 24.1 Å². The lowest BCUT2D eigenvalue weighted by atomic mass is 9.82. The number of benzene rings is 1. The molecule has 2 N–H and O–H groups in total. The van der Waals surface area contributed by atoms with Gasteiger partial charge in [0.25, 0.3) is 0 Å². The Morgan fingerprint density at radius 2 is 1.91 bits per heavy atom. The van der Waals surface area contributed by atoms with Crippen LogP contribution in [0.25, 0.3) is 0 Å². The topological polar surface area (TPSA) is 75.6 Å². The number of allylic oxidation sites excluding steroid dienone is 2. The Labute approximate surface area is 129 Å². The van der Waals surface area contributed by atoms with Crippen LogP contribution in [0, 0.1) is 30.6 Å². The Kier molecular flexibility index (Phi) is 3.64. The van der Waals surface area contributed by atoms with Crippen LogP contribution in [-0.2, 0) is 9.59 Å². The number of carboxylic acid groups (broad SMARTS) is 1. The predicted molar refractivity (Wildman–Crippen MR) is 81.7 cm³/mol. The average molecular weight is 301 g/mol. The molecule has 5 heteroatoms. The molecule has 22 heavy (non-hydrogen) atoms. The summed E-state index contributed by atoms with van der Waals surface area (Å²) in [5, 5.41) is 12.3. The second-order valence-corrected chi connectivity index (χ2v) is 6.01. The minimum atomic E-state index is -0.886. The van der Waals surface area contributed by atoms with E-state index in [1.807, 2.05) is 25.1 Å². The largest absolute Gasteiger partial charge is 0.497 e. The van der Waals surface area contributed by atoms with Crippen LogP contribution in [0.2, 0.25) is 0 Å².